The lowest BCUT2D eigenvalue weighted by Gasteiger charge is -2.30. The molecular weight excluding hydrogens is 1040 g/mol. The number of unbranched alkanes of at least 4 members (excludes halogenated alkanes) is 8. The Morgan fingerprint density at radius 1 is 0.636 bits per heavy atom. The van der Waals surface area contributed by atoms with Crippen LogP contribution in [0.3, 0.4) is 0 Å². The van der Waals surface area contributed by atoms with E-state index in [4.69, 9.17) is 18.9 Å². The first kappa shape index (κ1) is 69.1. The molecule has 0 fully saturated rings. The van der Waals surface area contributed by atoms with Crippen LogP contribution in [0.25, 0.3) is 11.1 Å². The van der Waals surface area contributed by atoms with E-state index < -0.39 is 52.4 Å². The van der Waals surface area contributed by atoms with Crippen LogP contribution in [0.2, 0.25) is 51.4 Å². The first-order valence-electron chi connectivity index (χ1n) is 28.5. The molecule has 3 rings (SSSR count). The van der Waals surface area contributed by atoms with Crippen molar-refractivity contribution < 1.29 is 52.8 Å². The molecule has 0 spiro atoms. The van der Waals surface area contributed by atoms with Crippen molar-refractivity contribution in [3.63, 3.8) is 0 Å². The number of amides is 1. The third-order valence-corrected chi connectivity index (χ3v) is 18.3. The molecule has 1 N–H and O–H groups in total. The van der Waals surface area contributed by atoms with Crippen LogP contribution >= 0.6 is 23.5 Å². The molecular formula is C61H97NO11S2Si2. The monoisotopic (exact) mass is 1140 g/mol. The van der Waals surface area contributed by atoms with Crippen LogP contribution in [0.5, 0.6) is 0 Å². The Morgan fingerprint density at radius 2 is 1.09 bits per heavy atom. The maximum atomic E-state index is 13.7. The Kier molecular flexibility index (Phi) is 34.7. The molecule has 16 heteroatoms. The number of allylic oxidation sites excluding steroid dienone is 2. The highest BCUT2D eigenvalue weighted by molar-refractivity contribution is 8.13. The third-order valence-electron chi connectivity index (χ3n) is 12.9. The lowest BCUT2D eigenvalue weighted by Crippen LogP contribution is -2.47. The highest BCUT2D eigenvalue weighted by Gasteiger charge is 2.35. The predicted octanol–water partition coefficient (Wildman–Crippen LogP) is 14.8. The van der Waals surface area contributed by atoms with E-state index in [1.54, 1.807) is 19.2 Å². The van der Waals surface area contributed by atoms with E-state index >= 15 is 0 Å². The van der Waals surface area contributed by atoms with E-state index in [1.165, 1.54) is 60.5 Å². The highest BCUT2D eigenvalue weighted by Crippen LogP contribution is 2.44. The first-order chi connectivity index (χ1) is 36.6. The zero-order chi connectivity index (χ0) is 57.2. The number of aliphatic hydroxyl groups excluding tert-OH is 1. The Bertz CT molecular complexity index is 2090. The highest BCUT2D eigenvalue weighted by atomic mass is 32.2. The number of ether oxygens (including phenoxy) is 4. The standard InChI is InChI=1S/C41H59NO7SSi.C20H38O4SSi/c1-8-9-10-11-12-24-38(44)50-26-18-17-19-31(28-37(43)47-25-27-51(5,6)7)49-40(45)39(30(2)3)42(4)41(46)48-29-36-34-22-15-13-20-32(34)33-21-14-16-23-35(33)36;1-5-6-7-8-9-13-20(23)25-15-11-10-12-18(21)17-19(22)24-14-16-26(2,3)4/h13-17,19-23,30-31,36,39H,8-12,18,24-29H2,1-7H3;10,12,18,21H,5-9,11,13-17H2,1-4H3/b19-17+;12-10+/t31-,39+;18-/m11/s1. The molecule has 0 saturated heterocycles. The van der Waals surface area contributed by atoms with Crippen LogP contribution in [0.15, 0.2) is 72.8 Å². The summed E-state index contributed by atoms with van der Waals surface area (Å²) in [4.78, 5) is 76.9. The van der Waals surface area contributed by atoms with E-state index in [0.717, 1.165) is 72.2 Å². The molecule has 1 aliphatic carbocycles. The van der Waals surface area contributed by atoms with E-state index in [2.05, 4.69) is 77.4 Å². The number of thioether (sulfide) groups is 2. The molecule has 1 aliphatic rings. The summed E-state index contributed by atoms with van der Waals surface area (Å²) in [7, 11) is -1.06. The zero-order valence-corrected chi connectivity index (χ0v) is 52.5. The van der Waals surface area contributed by atoms with E-state index in [-0.39, 0.29) is 47.5 Å². The van der Waals surface area contributed by atoms with Gasteiger partial charge >= 0.3 is 24.0 Å². The van der Waals surface area contributed by atoms with Gasteiger partial charge in [0.2, 0.25) is 0 Å². The number of hydrogen-bond donors (Lipinski definition) is 1. The second-order valence-electron chi connectivity index (χ2n) is 22.8. The normalized spacial score (nSPS) is 13.6. The first-order valence-corrected chi connectivity index (χ1v) is 37.9. The molecule has 0 bridgehead atoms. The van der Waals surface area contributed by atoms with Gasteiger partial charge in [0.1, 0.15) is 18.8 Å². The number of benzene rings is 2. The number of fused-ring (bicyclic) bond motifs is 3. The molecule has 0 aliphatic heterocycles. The van der Waals surface area contributed by atoms with Crippen molar-refractivity contribution in [3.8, 4) is 11.1 Å². The molecule has 2 aromatic carbocycles. The molecule has 2 aromatic rings. The molecule has 0 aromatic heterocycles. The van der Waals surface area contributed by atoms with E-state index in [0.29, 0.717) is 44.6 Å². The molecule has 0 radical (unpaired) electrons. The van der Waals surface area contributed by atoms with Crippen LogP contribution < -0.4 is 0 Å². The van der Waals surface area contributed by atoms with Gasteiger partial charge in [0.25, 0.3) is 0 Å². The summed E-state index contributed by atoms with van der Waals surface area (Å²) in [5, 5.41) is 10.3. The fourth-order valence-corrected chi connectivity index (χ4v) is 11.4. The second kappa shape index (κ2) is 38.6. The Morgan fingerprint density at radius 3 is 1.56 bits per heavy atom. The predicted molar refractivity (Wildman–Crippen MR) is 324 cm³/mol. The smallest absolute Gasteiger partial charge is 0.410 e. The molecule has 432 valence electrons. The largest absolute Gasteiger partial charge is 0.466 e. The summed E-state index contributed by atoms with van der Waals surface area (Å²) < 4.78 is 22.4. The number of carbonyl (C=O) groups is 6. The summed E-state index contributed by atoms with van der Waals surface area (Å²) >= 11 is 2.67. The van der Waals surface area contributed by atoms with Crippen molar-refractivity contribution in [1.82, 2.24) is 4.90 Å². The number of carbonyl (C=O) groups excluding carboxylic acids is 6. The van der Waals surface area contributed by atoms with Gasteiger partial charge in [0.15, 0.2) is 10.2 Å². The number of likely N-dealkylation sites (N-methyl/N-ethyl adjacent to an activating group) is 1. The molecule has 77 heavy (non-hydrogen) atoms. The number of aliphatic hydroxyl groups is 1. The molecule has 0 unspecified atom stereocenters. The average molecular weight is 1140 g/mol. The minimum absolute atomic E-state index is 0.00790. The fourth-order valence-electron chi connectivity index (χ4n) is 8.39. The van der Waals surface area contributed by atoms with Crippen LogP contribution in [0.4, 0.5) is 4.79 Å². The van der Waals surface area contributed by atoms with Crippen molar-refractivity contribution in [2.45, 2.75) is 206 Å². The number of nitrogens with zero attached hydrogens (tertiary/aromatic N) is 1. The van der Waals surface area contributed by atoms with Gasteiger partial charge in [-0.2, -0.15) is 0 Å². The number of esters is 3. The summed E-state index contributed by atoms with van der Waals surface area (Å²) in [6.45, 7) is 22.3. The molecule has 12 nitrogen and oxygen atoms in total. The Hall–Kier alpha value is -3.97. The van der Waals surface area contributed by atoms with Crippen molar-refractivity contribution >= 4 is 73.9 Å². The van der Waals surface area contributed by atoms with Gasteiger partial charge in [-0.1, -0.05) is 209 Å². The van der Waals surface area contributed by atoms with Crippen molar-refractivity contribution in [3.05, 3.63) is 84.0 Å². The van der Waals surface area contributed by atoms with Gasteiger partial charge in [-0.05, 0) is 72.0 Å². The van der Waals surface area contributed by atoms with Crippen LogP contribution in [0.1, 0.15) is 147 Å². The topological polar surface area (TPSA) is 163 Å². The van der Waals surface area contributed by atoms with Gasteiger partial charge in [-0.15, -0.1) is 0 Å². The second-order valence-corrected chi connectivity index (χ2v) is 36.4. The van der Waals surface area contributed by atoms with Gasteiger partial charge in [-0.25, -0.2) is 9.59 Å². The van der Waals surface area contributed by atoms with Crippen LogP contribution in [-0.4, -0.2) is 117 Å². The van der Waals surface area contributed by atoms with Gasteiger partial charge in [0.05, 0.1) is 32.2 Å². The quantitative estimate of drug-likeness (QED) is 0.0226. The molecule has 0 heterocycles. The van der Waals surface area contributed by atoms with Crippen LogP contribution in [-0.2, 0) is 42.9 Å². The molecule has 3 atom stereocenters. The van der Waals surface area contributed by atoms with Crippen molar-refractivity contribution in [1.29, 1.82) is 0 Å². The average Bonchev–Trinajstić information content (AvgIpc) is 3.68. The number of hydrogen-bond acceptors (Lipinski definition) is 13. The number of rotatable bonds is 36. The van der Waals surface area contributed by atoms with Gasteiger partial charge in [0, 0.05) is 53.5 Å². The summed E-state index contributed by atoms with van der Waals surface area (Å²) in [5.41, 5.74) is 4.47. The molecule has 0 saturated carbocycles. The van der Waals surface area contributed by atoms with Crippen molar-refractivity contribution in [2.75, 3.05) is 38.4 Å². The summed E-state index contributed by atoms with van der Waals surface area (Å²) in [6.07, 6.45) is 18.4. The van der Waals surface area contributed by atoms with Gasteiger partial charge < -0.3 is 24.1 Å². The van der Waals surface area contributed by atoms with Crippen molar-refractivity contribution in [2.24, 2.45) is 5.92 Å². The summed E-state index contributed by atoms with van der Waals surface area (Å²) in [5.74, 6) is -0.510. The lowest BCUT2D eigenvalue weighted by molar-refractivity contribution is -0.157. The minimum Gasteiger partial charge on any atom is -0.466 e. The SMILES string of the molecule is CCCCCCCC(=O)SCC/C=C/[C@@H](O)CC(=O)OCC[Si](C)(C)C.CCCCCCCC(=O)SCC/C=C/[C@H](CC(=O)OCC[Si](C)(C)C)OC(=O)[C@H](C(C)C)N(C)C(=O)OCC1c2ccccc2-c2ccccc21. The Labute approximate surface area is 474 Å². The zero-order valence-electron chi connectivity index (χ0n) is 48.9. The third kappa shape index (κ3) is 30.8. The summed E-state index contributed by atoms with van der Waals surface area (Å²) in [6, 6.07) is 17.1. The Balaban J connectivity index is 0.000000657. The van der Waals surface area contributed by atoms with Crippen LogP contribution in [0, 0.1) is 5.92 Å². The maximum absolute atomic E-state index is 13.7. The maximum Gasteiger partial charge on any atom is 0.410 e. The lowest BCUT2D eigenvalue weighted by atomic mass is 9.98. The van der Waals surface area contributed by atoms with E-state index in [9.17, 15) is 33.9 Å². The van der Waals surface area contributed by atoms with Gasteiger partial charge in [-0.3, -0.25) is 24.1 Å². The molecule has 1 amide bonds. The fraction of sp³-hybridized carbons (Fsp3) is 0.639. The minimum atomic E-state index is -1.40. The van der Waals surface area contributed by atoms with E-state index in [1.807, 2.05) is 50.3 Å².